The number of carbonyl (C=O) groups excluding carboxylic acids is 2. The summed E-state index contributed by atoms with van der Waals surface area (Å²) in [7, 11) is -11.7. The van der Waals surface area contributed by atoms with Crippen LogP contribution in [0.5, 0.6) is 0 Å². The van der Waals surface area contributed by atoms with E-state index in [2.05, 4.69) is 79.0 Å². The van der Waals surface area contributed by atoms with E-state index in [-0.39, 0.29) is 42.3 Å². The van der Waals surface area contributed by atoms with Crippen molar-refractivity contribution in [1.82, 2.24) is 24.3 Å². The fraction of sp³-hybridized carbons (Fsp3) is 0.426. The maximum atomic E-state index is 14.4. The maximum Gasteiger partial charge on any atom is 0.487 e. The van der Waals surface area contributed by atoms with Gasteiger partial charge >= 0.3 is 21.3 Å². The van der Waals surface area contributed by atoms with E-state index >= 15 is 0 Å². The summed E-state index contributed by atoms with van der Waals surface area (Å²) in [5.74, 6) is -0.552. The van der Waals surface area contributed by atoms with Crippen LogP contribution in [0.1, 0.15) is 90.0 Å². The molecule has 73 heavy (non-hydrogen) atoms. The van der Waals surface area contributed by atoms with E-state index in [1.165, 1.54) is 34.2 Å². The van der Waals surface area contributed by atoms with Crippen LogP contribution >= 0.6 is 23.5 Å². The molecule has 7 rings (SSSR count). The number of amides is 2. The van der Waals surface area contributed by atoms with E-state index in [1.807, 2.05) is 43.3 Å². The van der Waals surface area contributed by atoms with Gasteiger partial charge in [0.05, 0.1) is 12.2 Å². The molecule has 0 spiro atoms. The Balaban J connectivity index is 0.994. The second-order valence-corrected chi connectivity index (χ2v) is 23.0. The number of carbonyl (C=O) groups is 2. The van der Waals surface area contributed by atoms with Crippen LogP contribution in [0.4, 0.5) is 5.69 Å². The van der Waals surface area contributed by atoms with Crippen LogP contribution in [-0.4, -0.2) is 123 Å². The summed E-state index contributed by atoms with van der Waals surface area (Å²) in [5, 5.41) is 26.2. The Morgan fingerprint density at radius 1 is 0.986 bits per heavy atom. The number of phosphoric ester groups is 1. The number of aliphatic hydroxyl groups is 2. The fourth-order valence-corrected chi connectivity index (χ4v) is 12.4. The Kier molecular flexibility index (Phi) is 16.7. The molecule has 1 fully saturated rings. The molecule has 23 nitrogen and oxygen atoms in total. The molecule has 1 aromatic heterocycles. The van der Waals surface area contributed by atoms with Gasteiger partial charge in [-0.15, -0.1) is 0 Å². The largest absolute Gasteiger partial charge is 0.756 e. The average molecular weight is 1070 g/mol. The number of rotatable bonds is 19. The van der Waals surface area contributed by atoms with Crippen LogP contribution < -0.4 is 41.5 Å². The van der Waals surface area contributed by atoms with E-state index in [1.54, 1.807) is 11.9 Å². The summed E-state index contributed by atoms with van der Waals surface area (Å²) < 4.78 is 54.6. The van der Waals surface area contributed by atoms with Gasteiger partial charge in [-0.05, 0) is 77.1 Å². The molecule has 2 amide bonds. The highest BCUT2D eigenvalue weighted by molar-refractivity contribution is 7.66. The number of hydrogen-bond acceptors (Lipinski definition) is 15. The summed E-state index contributed by atoms with van der Waals surface area (Å²) in [6.07, 6.45) is -1.25. The number of benzene rings is 3. The lowest BCUT2D eigenvalue weighted by Crippen LogP contribution is -2.43. The van der Waals surface area contributed by atoms with E-state index in [4.69, 9.17) is 9.63 Å². The van der Waals surface area contributed by atoms with E-state index in [9.17, 15) is 57.8 Å². The molecule has 26 heteroatoms. The highest BCUT2D eigenvalue weighted by atomic mass is 31.3. The van der Waals surface area contributed by atoms with Gasteiger partial charge in [0.2, 0.25) is 11.3 Å². The molecule has 7 atom stereocenters. The van der Waals surface area contributed by atoms with Gasteiger partial charge in [-0.2, -0.15) is 4.31 Å². The standard InChI is InChI=1S/C47H59N6O17P3/c1-7-52-22-11-14-28-23-34-36(25-37(28)52)47(2,3)35-24-30(50(4)5)18-19-33(35)40(34)31-15-8-9-16-32(31)44(58)51(6)21-12-17-39(54)48-20-10-13-29-26-53(46(59)49-43(29)57)45-42(56)41(55)38(68-45)27-67-72(63,64)70-73(65,66)69-71(60,61)62/h8-10,13,15-16,18-19,23-26,38,41-42,45,55-56H,7,11-12,14,17,20-22,27H2,1-6H3,(H5-,48,49,54,57,59,60,61,62,63,64,65,66)/b13-10+/t38-,41-,42-,45-/m1/s1. The minimum absolute atomic E-state index is 0.0554. The molecule has 7 N–H and O–H groups in total. The number of nitrogens with zero attached hydrogens (tertiary/aromatic N) is 4. The number of aryl methyl sites for hydroxylation is 1. The number of hydrogen-bond donors (Lipinski definition) is 7. The van der Waals surface area contributed by atoms with Gasteiger partial charge in [0.15, 0.2) is 6.23 Å². The minimum atomic E-state index is -5.91. The fourth-order valence-electron chi connectivity index (χ4n) is 9.38. The third kappa shape index (κ3) is 12.5. The van der Waals surface area contributed by atoms with Crippen molar-refractivity contribution in [3.05, 3.63) is 137 Å². The van der Waals surface area contributed by atoms with Crippen LogP contribution in [-0.2, 0) is 48.2 Å². The molecule has 3 unspecified atom stereocenters. The smallest absolute Gasteiger partial charge is 0.487 e. The lowest BCUT2D eigenvalue weighted by atomic mass is 9.68. The SMILES string of the molecule is CC[N+]1=c2cc3c(cc2CCC1)=C(c1ccccc1C(=O)N(C)CCCC(=O)NC/C=C/c1cn([C@@H]2O[C@H](COP(=O)(O)OP(=O)(O)OP(=O)([O-])O)[C@@H](O)[C@H]2O)c(=O)[nH]c1=O)c1ccc(N(C)C)cc1C3(C)C. The highest BCUT2D eigenvalue weighted by Crippen LogP contribution is 2.65. The second kappa shape index (κ2) is 21.9. The van der Waals surface area contributed by atoms with Crippen LogP contribution in [0.3, 0.4) is 0 Å². The van der Waals surface area contributed by atoms with E-state index in [0.29, 0.717) is 16.6 Å². The third-order valence-corrected chi connectivity index (χ3v) is 16.8. The molecule has 4 aromatic rings. The summed E-state index contributed by atoms with van der Waals surface area (Å²) >= 11 is 0. The van der Waals surface area contributed by atoms with Crippen molar-refractivity contribution in [2.45, 2.75) is 76.4 Å². The predicted octanol–water partition coefficient (Wildman–Crippen LogP) is 0.959. The van der Waals surface area contributed by atoms with Crippen molar-refractivity contribution in [2.24, 2.45) is 0 Å². The molecule has 3 aromatic carbocycles. The number of fused-ring (bicyclic) bond motifs is 3. The molecule has 0 saturated carbocycles. The number of phosphoric acid groups is 3. The average Bonchev–Trinajstić information content (AvgIpc) is 3.59. The molecule has 0 bridgehead atoms. The van der Waals surface area contributed by atoms with Gasteiger partial charge in [0, 0.05) is 81.6 Å². The molecule has 394 valence electrons. The van der Waals surface area contributed by atoms with Crippen LogP contribution in [0, 0.1) is 0 Å². The van der Waals surface area contributed by atoms with Gasteiger partial charge in [-0.3, -0.25) is 33.0 Å². The summed E-state index contributed by atoms with van der Waals surface area (Å²) in [4.78, 5) is 96.9. The molecule has 0 radical (unpaired) electrons. The normalized spacial score (nSPS) is 21.6. The van der Waals surface area contributed by atoms with Crippen molar-refractivity contribution in [1.29, 1.82) is 0 Å². The summed E-state index contributed by atoms with van der Waals surface area (Å²) in [6, 6.07) is 18.9. The zero-order valence-corrected chi connectivity index (χ0v) is 43.6. The van der Waals surface area contributed by atoms with Crippen LogP contribution in [0.15, 0.2) is 76.5 Å². The van der Waals surface area contributed by atoms with E-state index < -0.39 is 65.9 Å². The van der Waals surface area contributed by atoms with Gasteiger partial charge in [-0.25, -0.2) is 22.8 Å². The summed E-state index contributed by atoms with van der Waals surface area (Å²) in [6.45, 7) is 7.68. The Morgan fingerprint density at radius 3 is 2.41 bits per heavy atom. The second-order valence-electron chi connectivity index (χ2n) is 18.6. The van der Waals surface area contributed by atoms with Crippen molar-refractivity contribution in [3.63, 3.8) is 0 Å². The lowest BCUT2D eigenvalue weighted by molar-refractivity contribution is -0.212. The van der Waals surface area contributed by atoms with Crippen molar-refractivity contribution < 1.29 is 71.0 Å². The minimum Gasteiger partial charge on any atom is -0.756 e. The molecule has 1 aliphatic carbocycles. The first-order valence-corrected chi connectivity index (χ1v) is 27.7. The van der Waals surface area contributed by atoms with Gasteiger partial charge in [-0.1, -0.05) is 50.3 Å². The molecular weight excluding hydrogens is 1010 g/mol. The first kappa shape index (κ1) is 55.5. The molecular formula is C47H59N6O17P3. The monoisotopic (exact) mass is 1070 g/mol. The number of anilines is 1. The third-order valence-electron chi connectivity index (χ3n) is 13.0. The number of ether oxygens (including phenoxy) is 1. The Bertz CT molecular complexity index is 3240. The molecule has 3 heterocycles. The Hall–Kier alpha value is -5.22. The summed E-state index contributed by atoms with van der Waals surface area (Å²) in [5.41, 5.74) is 5.68. The van der Waals surface area contributed by atoms with Gasteiger partial charge in [0.1, 0.15) is 31.4 Å². The maximum absolute atomic E-state index is 14.4. The van der Waals surface area contributed by atoms with E-state index in [0.717, 1.165) is 59.7 Å². The van der Waals surface area contributed by atoms with Crippen molar-refractivity contribution >= 4 is 52.6 Å². The van der Waals surface area contributed by atoms with Crippen molar-refractivity contribution in [2.75, 3.05) is 58.8 Å². The number of aromatic amines is 1. The molecule has 1 saturated heterocycles. The molecule has 3 aliphatic rings. The lowest BCUT2D eigenvalue weighted by Gasteiger charge is -2.36. The molecule has 2 aliphatic heterocycles. The first-order valence-electron chi connectivity index (χ1n) is 23.3. The topological polar surface area (TPSA) is 323 Å². The predicted molar refractivity (Wildman–Crippen MR) is 265 cm³/mol. The number of aromatic nitrogens is 2. The highest BCUT2D eigenvalue weighted by Gasteiger charge is 2.46. The number of nitrogens with one attached hydrogen (secondary N) is 2. The Morgan fingerprint density at radius 2 is 1.71 bits per heavy atom. The van der Waals surface area contributed by atoms with Gasteiger partial charge < -0.3 is 49.6 Å². The number of H-pyrrole nitrogens is 1. The van der Waals surface area contributed by atoms with Crippen LogP contribution in [0.25, 0.3) is 11.6 Å². The zero-order valence-electron chi connectivity index (χ0n) is 40.9. The first-order chi connectivity index (χ1) is 34.2. The van der Waals surface area contributed by atoms with Crippen LogP contribution in [0.2, 0.25) is 0 Å². The zero-order chi connectivity index (χ0) is 53.4. The van der Waals surface area contributed by atoms with Crippen molar-refractivity contribution in [3.8, 4) is 0 Å². The number of aliphatic hydroxyl groups excluding tert-OH is 2. The van der Waals surface area contributed by atoms with Gasteiger partial charge in [0.25, 0.3) is 19.3 Å². The quantitative estimate of drug-likeness (QED) is 0.0508. The Labute approximate surface area is 419 Å².